The molecule has 0 spiro atoms. The Hall–Kier alpha value is -12.6. The van der Waals surface area contributed by atoms with Crippen LogP contribution >= 0.6 is 11.8 Å². The van der Waals surface area contributed by atoms with E-state index in [0.717, 1.165) is 52.4 Å². The SMILES string of the molecule is C#Cc1cc(Oc2cnc(C)nc2N)c(C(C)C)cn1.CCC(O)CNc1ncc(Oc2cc(OC)ncc2C(C)C)c(N)n1.CCCC(CCO)Nc1ncc(Oc2cc(SC)ncc2C(C)C)c(N)n1.Cc1ncc(Oc2cc(C(F)(F)F)ncc2C(C)C)c(N)n1.Cc1ncc(Oc2cc(C3N=NN=N3)ncc2C(C)C)c(N)n1. The van der Waals surface area contributed by atoms with Gasteiger partial charge in [-0.2, -0.15) is 23.1 Å². The van der Waals surface area contributed by atoms with Crippen LogP contribution in [0.1, 0.15) is 207 Å². The number of nitrogen functional groups attached to an aromatic ring is 5. The topological polar surface area (TPSA) is 493 Å². The van der Waals surface area contributed by atoms with Crippen molar-refractivity contribution in [2.24, 2.45) is 20.7 Å². The highest BCUT2D eigenvalue weighted by Gasteiger charge is 2.34. The van der Waals surface area contributed by atoms with Crippen molar-refractivity contribution in [3.05, 3.63) is 155 Å². The Morgan fingerprint density at radius 3 is 1.32 bits per heavy atom. The fraction of sp³-hybridized carbons (Fsp3) is 0.405. The van der Waals surface area contributed by atoms with Gasteiger partial charge in [0.2, 0.25) is 23.9 Å². The number of nitrogens with two attached hydrogens (primary N) is 5. The van der Waals surface area contributed by atoms with Crippen molar-refractivity contribution >= 4 is 52.7 Å². The summed E-state index contributed by atoms with van der Waals surface area (Å²) in [7, 11) is 1.55. The standard InChI is InChI=1S/C19H29N5O2S.C17H25N5O3.C15H16N4O.C14H15F3N4O.C14H16N8O/c1-5-6-13(7-8-25)23-19-22-11-16(18(20)24-19)26-15-9-17(27-4)21-10-14(15)12(2)3;1-5-11(23)7-20-17-21-9-14(16(18)22-17)25-13-6-15(24-4)19-8-12(13)10(2)3;1-5-11-6-13(12(7-18-11)9(2)3)20-14-8-17-10(4)19-15(14)16;1-7(2)9-5-20-12(14(15,16)17)4-10(9)22-11-6-19-8(3)21-13(11)18;1-7(2)9-5-17-10(14-19-21-22-20-14)4-11(9)23-12-6-16-8(3)18-13(12)15/h9-13,25H,5-8H2,1-4H3,(H3,20,22,23,24);6,8-11,23H,5,7H2,1-4H3,(H3,18,20,21,22);1,6-9H,2-4H3,(H2,16,17,19);4-7H,1-3H3,(H2,18,19,21);4-7,14H,1-3H3,(H2,15,16,18). The highest BCUT2D eigenvalue weighted by Crippen LogP contribution is 2.41. The van der Waals surface area contributed by atoms with Crippen LogP contribution in [0, 0.1) is 33.1 Å². The maximum absolute atomic E-state index is 12.8. The van der Waals surface area contributed by atoms with E-state index in [1.807, 2.05) is 67.0 Å². The summed E-state index contributed by atoms with van der Waals surface area (Å²) in [6.45, 7) is 29.8. The van der Waals surface area contributed by atoms with Gasteiger partial charge < -0.3 is 77.9 Å². The van der Waals surface area contributed by atoms with E-state index in [9.17, 15) is 23.4 Å². The molecule has 0 bridgehead atoms. The first-order valence-electron chi connectivity index (χ1n) is 37.3. The smallest absolute Gasteiger partial charge is 0.433 e. The molecule has 11 rings (SSSR count). The molecule has 0 radical (unpaired) electrons. The van der Waals surface area contributed by atoms with Crippen LogP contribution < -0.4 is 67.7 Å². The first kappa shape index (κ1) is 91.6. The zero-order chi connectivity index (χ0) is 85.8. The van der Waals surface area contributed by atoms with Gasteiger partial charge in [-0.25, -0.2) is 54.8 Å². The molecule has 0 saturated carbocycles. The normalized spacial score (nSPS) is 12.1. The average Bonchev–Trinajstić information content (AvgIpc) is 1.01. The number of ether oxygens (including phenoxy) is 6. The minimum absolute atomic E-state index is 0.0384. The highest BCUT2D eigenvalue weighted by atomic mass is 32.2. The van der Waals surface area contributed by atoms with Gasteiger partial charge in [0.25, 0.3) is 0 Å². The Balaban J connectivity index is 0.000000203. The minimum atomic E-state index is -4.55. The van der Waals surface area contributed by atoms with Gasteiger partial charge in [-0.1, -0.05) is 95.4 Å². The van der Waals surface area contributed by atoms with Gasteiger partial charge in [-0.05, 0) is 86.3 Å². The first-order valence-corrected chi connectivity index (χ1v) is 38.5. The van der Waals surface area contributed by atoms with Crippen LogP contribution in [-0.4, -0.2) is 124 Å². The lowest BCUT2D eigenvalue weighted by Gasteiger charge is -2.18. The molecule has 0 fully saturated rings. The van der Waals surface area contributed by atoms with Crippen LogP contribution in [-0.2, 0) is 6.18 Å². The fourth-order valence-corrected chi connectivity index (χ4v) is 10.8. The summed E-state index contributed by atoms with van der Waals surface area (Å²) >= 11 is 1.55. The van der Waals surface area contributed by atoms with E-state index in [-0.39, 0.29) is 77.0 Å². The molecule has 2 unspecified atom stereocenters. The number of aromatic nitrogens is 15. The van der Waals surface area contributed by atoms with Gasteiger partial charge in [0, 0.05) is 108 Å². The van der Waals surface area contributed by atoms with E-state index < -0.39 is 24.1 Å². The maximum Gasteiger partial charge on any atom is 0.433 e. The van der Waals surface area contributed by atoms with Crippen LogP contribution in [0.2, 0.25) is 0 Å². The second kappa shape index (κ2) is 43.7. The third kappa shape index (κ3) is 27.3. The van der Waals surface area contributed by atoms with Crippen molar-refractivity contribution in [2.45, 2.75) is 189 Å². The van der Waals surface area contributed by atoms with E-state index in [1.54, 1.807) is 95.0 Å². The highest BCUT2D eigenvalue weighted by molar-refractivity contribution is 7.98. The van der Waals surface area contributed by atoms with Gasteiger partial charge in [-0.3, -0.25) is 9.97 Å². The lowest BCUT2D eigenvalue weighted by Crippen LogP contribution is -2.22. The molecule has 622 valence electrons. The molecule has 0 saturated heterocycles. The lowest BCUT2D eigenvalue weighted by molar-refractivity contribution is -0.141. The number of aryl methyl sites for hydroxylation is 3. The first-order chi connectivity index (χ1) is 55.6. The molecule has 38 heteroatoms. The van der Waals surface area contributed by atoms with Crippen LogP contribution in [0.4, 0.5) is 54.2 Å². The molecule has 0 amide bonds. The second-order valence-corrected chi connectivity index (χ2v) is 28.4. The van der Waals surface area contributed by atoms with Crippen molar-refractivity contribution in [3.63, 3.8) is 0 Å². The second-order valence-electron chi connectivity index (χ2n) is 27.6. The molecule has 0 aromatic carbocycles. The van der Waals surface area contributed by atoms with E-state index in [0.29, 0.717) is 123 Å². The number of hydrogen-bond acceptors (Lipinski definition) is 35. The Morgan fingerprint density at radius 1 is 0.496 bits per heavy atom. The van der Waals surface area contributed by atoms with Gasteiger partial charge in [0.05, 0.1) is 54.9 Å². The van der Waals surface area contributed by atoms with Gasteiger partial charge in [-0.15, -0.1) is 28.4 Å². The quantitative estimate of drug-likeness (QED) is 0.0162. The fourth-order valence-electron chi connectivity index (χ4n) is 10.4. The van der Waals surface area contributed by atoms with E-state index in [2.05, 4.69) is 147 Å². The minimum Gasteiger partial charge on any atom is -0.481 e. The van der Waals surface area contributed by atoms with Crippen LogP contribution in [0.5, 0.6) is 63.4 Å². The zero-order valence-corrected chi connectivity index (χ0v) is 69.2. The molecule has 1 aliphatic heterocycles. The van der Waals surface area contributed by atoms with E-state index in [4.69, 9.17) is 63.5 Å². The molecule has 117 heavy (non-hydrogen) atoms. The number of aliphatic hydroxyl groups excluding tert-OH is 2. The van der Waals surface area contributed by atoms with Crippen LogP contribution in [0.25, 0.3) is 0 Å². The molecule has 34 nitrogen and oxygen atoms in total. The number of nitrogens with one attached hydrogen (secondary N) is 2. The third-order valence-corrected chi connectivity index (χ3v) is 17.5. The maximum atomic E-state index is 12.8. The monoisotopic (exact) mass is 1630 g/mol. The number of thioether (sulfide) groups is 1. The molecule has 10 aromatic heterocycles. The lowest BCUT2D eigenvalue weighted by atomic mass is 10.0. The summed E-state index contributed by atoms with van der Waals surface area (Å²) in [6, 6.07) is 8.07. The number of methoxy groups -OCH3 is 1. The summed E-state index contributed by atoms with van der Waals surface area (Å²) in [5, 5.41) is 40.6. The number of rotatable bonds is 28. The summed E-state index contributed by atoms with van der Waals surface area (Å²) in [4.78, 5) is 61.8. The number of anilines is 7. The third-order valence-electron chi connectivity index (χ3n) is 16.8. The number of terminal acetylenes is 1. The molecule has 0 aliphatic carbocycles. The molecular formula is C79H101F3N26O8S. The van der Waals surface area contributed by atoms with Crippen molar-refractivity contribution in [1.82, 2.24) is 74.8 Å². The number of alkyl halides is 3. The predicted octanol–water partition coefficient (Wildman–Crippen LogP) is 16.5. The molecule has 2 atom stereocenters. The number of halogens is 3. The van der Waals surface area contributed by atoms with Crippen LogP contribution in [0.15, 0.2) is 118 Å². The molecular weight excluding hydrogens is 1530 g/mol. The predicted molar refractivity (Wildman–Crippen MR) is 441 cm³/mol. The van der Waals surface area contributed by atoms with Crippen molar-refractivity contribution in [2.75, 3.05) is 65.8 Å². The Kier molecular flexibility index (Phi) is 34.2. The average molecular weight is 1630 g/mol. The molecule has 11 heterocycles. The summed E-state index contributed by atoms with van der Waals surface area (Å²) < 4.78 is 72.7. The number of aliphatic hydroxyl groups is 2. The summed E-state index contributed by atoms with van der Waals surface area (Å²) in [6.07, 6.45) is 20.7. The van der Waals surface area contributed by atoms with Crippen molar-refractivity contribution in [1.29, 1.82) is 0 Å². The molecule has 10 aromatic rings. The Bertz CT molecular complexity index is 5020. The number of hydrogen-bond donors (Lipinski definition) is 9. The number of pyridine rings is 5. The van der Waals surface area contributed by atoms with Crippen molar-refractivity contribution in [3.8, 4) is 75.7 Å². The largest absolute Gasteiger partial charge is 0.481 e. The zero-order valence-electron chi connectivity index (χ0n) is 68.4. The van der Waals surface area contributed by atoms with E-state index in [1.165, 1.54) is 12.4 Å². The Labute approximate surface area is 681 Å². The van der Waals surface area contributed by atoms with Gasteiger partial charge >= 0.3 is 6.18 Å². The molecule has 1 aliphatic rings. The Morgan fingerprint density at radius 2 is 0.897 bits per heavy atom. The van der Waals surface area contributed by atoms with Crippen LogP contribution in [0.3, 0.4) is 0 Å². The number of nitrogens with zero attached hydrogens (tertiary/aromatic N) is 19. The van der Waals surface area contributed by atoms with E-state index >= 15 is 0 Å². The molecule has 14 N–H and O–H groups in total. The summed E-state index contributed by atoms with van der Waals surface area (Å²) in [5.74, 6) is 11.6. The van der Waals surface area contributed by atoms with Gasteiger partial charge in [0.15, 0.2) is 57.8 Å². The van der Waals surface area contributed by atoms with Crippen molar-refractivity contribution < 1.29 is 51.8 Å². The van der Waals surface area contributed by atoms with Gasteiger partial charge in [0.1, 0.15) is 57.6 Å². The summed E-state index contributed by atoms with van der Waals surface area (Å²) in [5.41, 5.74) is 33.9.